The number of aromatic nitrogens is 1. The molecule has 2 N–H and O–H groups in total. The lowest BCUT2D eigenvalue weighted by atomic mass is 9.85. The molecule has 1 aromatic heterocycles. The molecule has 1 saturated heterocycles. The van der Waals surface area contributed by atoms with Crippen molar-refractivity contribution in [2.75, 3.05) is 25.4 Å². The molecule has 1 aliphatic carbocycles. The predicted molar refractivity (Wildman–Crippen MR) is 106 cm³/mol. The van der Waals surface area contributed by atoms with Crippen molar-refractivity contribution in [3.63, 3.8) is 0 Å². The Morgan fingerprint density at radius 3 is 2.77 bits per heavy atom. The minimum absolute atomic E-state index is 0.000836. The summed E-state index contributed by atoms with van der Waals surface area (Å²) in [5.41, 5.74) is -0.0124. The molecule has 1 aliphatic heterocycles. The summed E-state index contributed by atoms with van der Waals surface area (Å²) in [4.78, 5) is 18.2. The molecule has 1 saturated carbocycles. The fourth-order valence-electron chi connectivity index (χ4n) is 3.87. The van der Waals surface area contributed by atoms with Crippen molar-refractivity contribution in [3.8, 4) is 0 Å². The number of hydrogen-bond donors (Lipinski definition) is 2. The number of carbonyl (C=O) groups is 1. The van der Waals surface area contributed by atoms with Gasteiger partial charge in [0.05, 0.1) is 5.60 Å². The van der Waals surface area contributed by atoms with Crippen LogP contribution in [0.2, 0.25) is 0 Å². The molecule has 144 valence electrons. The molecule has 26 heavy (non-hydrogen) atoms. The van der Waals surface area contributed by atoms with E-state index in [4.69, 9.17) is 0 Å². The zero-order valence-corrected chi connectivity index (χ0v) is 16.3. The third-order valence-electron chi connectivity index (χ3n) is 5.58. The van der Waals surface area contributed by atoms with Crippen LogP contribution in [0.1, 0.15) is 56.9 Å². The zero-order chi connectivity index (χ0) is 18.2. The van der Waals surface area contributed by atoms with E-state index in [0.29, 0.717) is 25.9 Å². The minimum atomic E-state index is -0.859. The van der Waals surface area contributed by atoms with Crippen LogP contribution in [0.5, 0.6) is 0 Å². The van der Waals surface area contributed by atoms with Crippen molar-refractivity contribution in [2.45, 2.75) is 62.2 Å². The van der Waals surface area contributed by atoms with Crippen molar-refractivity contribution < 1.29 is 9.90 Å². The van der Waals surface area contributed by atoms with E-state index in [1.54, 1.807) is 12.4 Å². The molecule has 0 unspecified atom stereocenters. The number of piperidine rings is 1. The molecule has 2 heterocycles. The van der Waals surface area contributed by atoms with Gasteiger partial charge < -0.3 is 15.3 Å². The second-order valence-corrected chi connectivity index (χ2v) is 8.88. The highest BCUT2D eigenvalue weighted by Gasteiger charge is 2.35. The molecule has 0 aromatic carbocycles. The SMILES string of the molecule is O=C(NCCCSC1CCCCC1)N1CCC(O)(c2cccnc2)CC1. The molecular formula is C20H31N3O2S. The molecule has 3 rings (SSSR count). The van der Waals surface area contributed by atoms with Crippen LogP contribution >= 0.6 is 11.8 Å². The molecule has 2 fully saturated rings. The lowest BCUT2D eigenvalue weighted by molar-refractivity contribution is -0.0170. The molecule has 0 spiro atoms. The van der Waals surface area contributed by atoms with E-state index in [-0.39, 0.29) is 6.03 Å². The fraction of sp³-hybridized carbons (Fsp3) is 0.700. The first-order valence-corrected chi connectivity index (χ1v) is 11.0. The number of carbonyl (C=O) groups excluding carboxylic acids is 1. The average Bonchev–Trinajstić information content (AvgIpc) is 2.69. The molecule has 1 aromatic rings. The van der Waals surface area contributed by atoms with Crippen molar-refractivity contribution in [3.05, 3.63) is 30.1 Å². The summed E-state index contributed by atoms with van der Waals surface area (Å²) >= 11 is 2.08. The summed E-state index contributed by atoms with van der Waals surface area (Å²) in [5.74, 6) is 1.13. The van der Waals surface area contributed by atoms with Gasteiger partial charge in [-0.15, -0.1) is 0 Å². The van der Waals surface area contributed by atoms with Gasteiger partial charge in [-0.3, -0.25) is 4.98 Å². The summed E-state index contributed by atoms with van der Waals surface area (Å²) < 4.78 is 0. The number of amides is 2. The number of aliphatic hydroxyl groups is 1. The number of urea groups is 1. The molecule has 0 radical (unpaired) electrons. The van der Waals surface area contributed by atoms with Crippen LogP contribution in [0, 0.1) is 0 Å². The van der Waals surface area contributed by atoms with Crippen LogP contribution in [0.3, 0.4) is 0 Å². The van der Waals surface area contributed by atoms with Gasteiger partial charge in [-0.1, -0.05) is 25.3 Å². The van der Waals surface area contributed by atoms with Gasteiger partial charge in [-0.2, -0.15) is 11.8 Å². The Morgan fingerprint density at radius 2 is 2.08 bits per heavy atom. The van der Waals surface area contributed by atoms with Gasteiger partial charge in [0.25, 0.3) is 0 Å². The van der Waals surface area contributed by atoms with Gasteiger partial charge in [0.15, 0.2) is 0 Å². The minimum Gasteiger partial charge on any atom is -0.385 e. The third-order valence-corrected chi connectivity index (χ3v) is 7.05. The van der Waals surface area contributed by atoms with E-state index < -0.39 is 5.60 Å². The van der Waals surface area contributed by atoms with Gasteiger partial charge in [0, 0.05) is 42.8 Å². The summed E-state index contributed by atoms with van der Waals surface area (Å²) in [6, 6.07) is 3.76. The number of thioether (sulfide) groups is 1. The van der Waals surface area contributed by atoms with Crippen molar-refractivity contribution in [2.24, 2.45) is 0 Å². The maximum Gasteiger partial charge on any atom is 0.317 e. The van der Waals surface area contributed by atoms with Gasteiger partial charge >= 0.3 is 6.03 Å². The second kappa shape index (κ2) is 9.60. The monoisotopic (exact) mass is 377 g/mol. The zero-order valence-electron chi connectivity index (χ0n) is 15.5. The highest BCUT2D eigenvalue weighted by molar-refractivity contribution is 7.99. The van der Waals surface area contributed by atoms with Crippen LogP contribution in [0.25, 0.3) is 0 Å². The molecule has 2 amide bonds. The number of likely N-dealkylation sites (tertiary alicyclic amines) is 1. The summed E-state index contributed by atoms with van der Waals surface area (Å²) in [6.45, 7) is 1.89. The normalized spacial score (nSPS) is 20.7. The van der Waals surface area contributed by atoms with E-state index in [1.165, 1.54) is 32.1 Å². The number of nitrogens with one attached hydrogen (secondary N) is 1. The Morgan fingerprint density at radius 1 is 1.31 bits per heavy atom. The van der Waals surface area contributed by atoms with Crippen molar-refractivity contribution in [1.82, 2.24) is 15.2 Å². The van der Waals surface area contributed by atoms with E-state index >= 15 is 0 Å². The molecule has 2 aliphatic rings. The largest absolute Gasteiger partial charge is 0.385 e. The van der Waals surface area contributed by atoms with Gasteiger partial charge in [-0.05, 0) is 43.9 Å². The molecular weight excluding hydrogens is 346 g/mol. The predicted octanol–water partition coefficient (Wildman–Crippen LogP) is 3.53. The van der Waals surface area contributed by atoms with Crippen molar-refractivity contribution >= 4 is 17.8 Å². The van der Waals surface area contributed by atoms with E-state index in [2.05, 4.69) is 22.1 Å². The van der Waals surface area contributed by atoms with Crippen molar-refractivity contribution in [1.29, 1.82) is 0 Å². The highest BCUT2D eigenvalue weighted by atomic mass is 32.2. The topological polar surface area (TPSA) is 65.5 Å². The first kappa shape index (κ1) is 19.5. The lowest BCUT2D eigenvalue weighted by Gasteiger charge is -2.38. The highest BCUT2D eigenvalue weighted by Crippen LogP contribution is 2.32. The average molecular weight is 378 g/mol. The Labute approximate surface area is 161 Å². The molecule has 5 nitrogen and oxygen atoms in total. The molecule has 6 heteroatoms. The Hall–Kier alpha value is -1.27. The lowest BCUT2D eigenvalue weighted by Crippen LogP contribution is -2.49. The van der Waals surface area contributed by atoms with Gasteiger partial charge in [0.1, 0.15) is 0 Å². The second-order valence-electron chi connectivity index (χ2n) is 7.48. The number of hydrogen-bond acceptors (Lipinski definition) is 4. The van der Waals surface area contributed by atoms with Gasteiger partial charge in [0.2, 0.25) is 0 Å². The quantitative estimate of drug-likeness (QED) is 0.745. The summed E-state index contributed by atoms with van der Waals surface area (Å²) in [5, 5.41) is 14.7. The fourth-order valence-corrected chi connectivity index (χ4v) is 5.18. The number of nitrogens with zero attached hydrogens (tertiary/aromatic N) is 2. The Balaban J connectivity index is 1.32. The van der Waals surface area contributed by atoms with Crippen LogP contribution < -0.4 is 5.32 Å². The maximum absolute atomic E-state index is 12.3. The van der Waals surface area contributed by atoms with Crippen LogP contribution in [0.15, 0.2) is 24.5 Å². The first-order chi connectivity index (χ1) is 12.7. The number of pyridine rings is 1. The van der Waals surface area contributed by atoms with E-state index in [0.717, 1.165) is 29.5 Å². The first-order valence-electron chi connectivity index (χ1n) is 9.95. The summed E-state index contributed by atoms with van der Waals surface area (Å²) in [7, 11) is 0. The van der Waals surface area contributed by atoms with Crippen LogP contribution in [0.4, 0.5) is 4.79 Å². The van der Waals surface area contributed by atoms with E-state index in [9.17, 15) is 9.90 Å². The third kappa shape index (κ3) is 5.36. The van der Waals surface area contributed by atoms with Gasteiger partial charge in [-0.25, -0.2) is 4.79 Å². The summed E-state index contributed by atoms with van der Waals surface area (Å²) in [6.07, 6.45) is 12.5. The molecule has 0 atom stereocenters. The Kier molecular flexibility index (Phi) is 7.20. The Bertz CT molecular complexity index is 555. The van der Waals surface area contributed by atoms with Crippen LogP contribution in [-0.4, -0.2) is 51.7 Å². The smallest absolute Gasteiger partial charge is 0.317 e. The van der Waals surface area contributed by atoms with E-state index in [1.807, 2.05) is 17.0 Å². The maximum atomic E-state index is 12.3. The number of rotatable bonds is 6. The van der Waals surface area contributed by atoms with Crippen LogP contribution in [-0.2, 0) is 5.60 Å². The standard InChI is InChI=1S/C20H31N3O2S/c24-19(22-12-5-15-26-18-7-2-1-3-8-18)23-13-9-20(25,10-14-23)17-6-4-11-21-16-17/h4,6,11,16,18,25H,1-3,5,7-10,12-15H2,(H,22,24). The molecule has 0 bridgehead atoms.